The molecule has 76 valence electrons. The van der Waals surface area contributed by atoms with Gasteiger partial charge in [-0.3, -0.25) is 0 Å². The van der Waals surface area contributed by atoms with Gasteiger partial charge in [0.1, 0.15) is 0 Å². The Morgan fingerprint density at radius 1 is 1.69 bits per heavy atom. The van der Waals surface area contributed by atoms with E-state index in [2.05, 4.69) is 16.9 Å². The highest BCUT2D eigenvalue weighted by molar-refractivity contribution is 7.87. The summed E-state index contributed by atoms with van der Waals surface area (Å²) in [6.07, 6.45) is 1.83. The van der Waals surface area contributed by atoms with E-state index in [-0.39, 0.29) is 17.6 Å². The number of hydrogen-bond donors (Lipinski definition) is 2. The van der Waals surface area contributed by atoms with Crippen LogP contribution in [0.2, 0.25) is 0 Å². The Kier molecular flexibility index (Phi) is 3.23. The summed E-state index contributed by atoms with van der Waals surface area (Å²) in [5.74, 6) is 0. The van der Waals surface area contributed by atoms with Crippen molar-refractivity contribution in [2.45, 2.75) is 18.9 Å². The molecule has 0 unspecified atom stereocenters. The second-order valence-corrected chi connectivity index (χ2v) is 5.45. The number of nitrogens with two attached hydrogens (primary N) is 1. The van der Waals surface area contributed by atoms with Gasteiger partial charge in [0.25, 0.3) is 10.2 Å². The van der Waals surface area contributed by atoms with Crippen LogP contribution in [0.5, 0.6) is 0 Å². The predicted molar refractivity (Wildman–Crippen MR) is 54.5 cm³/mol. The second-order valence-electron chi connectivity index (χ2n) is 3.12. The van der Waals surface area contributed by atoms with Crippen molar-refractivity contribution in [1.29, 1.82) is 0 Å². The summed E-state index contributed by atoms with van der Waals surface area (Å²) in [6, 6.07) is 0.110. The quantitative estimate of drug-likeness (QED) is 0.598. The van der Waals surface area contributed by atoms with Crippen LogP contribution in [0.15, 0.2) is 0 Å². The molecule has 0 saturated heterocycles. The zero-order chi connectivity index (χ0) is 10.1. The lowest BCUT2D eigenvalue weighted by atomic mass is 10.7. The van der Waals surface area contributed by atoms with Gasteiger partial charge in [-0.1, -0.05) is 12.2 Å². The number of nitrogens with zero attached hydrogens (tertiary/aromatic N) is 1. The van der Waals surface area contributed by atoms with Crippen LogP contribution in [-0.4, -0.2) is 37.3 Å². The number of thiocarbonyl (C=S) groups is 1. The molecule has 1 rings (SSSR count). The first-order valence-corrected chi connectivity index (χ1v) is 5.78. The van der Waals surface area contributed by atoms with Gasteiger partial charge in [0.05, 0.1) is 11.5 Å². The summed E-state index contributed by atoms with van der Waals surface area (Å²) < 4.78 is 26.5. The Morgan fingerprint density at radius 2 is 2.23 bits per heavy atom. The van der Waals surface area contributed by atoms with E-state index in [9.17, 15) is 8.42 Å². The minimum Gasteiger partial charge on any atom is -0.392 e. The summed E-state index contributed by atoms with van der Waals surface area (Å²) in [5, 5.41) is 0. The highest BCUT2D eigenvalue weighted by atomic mass is 32.2. The molecule has 0 aromatic heterocycles. The third-order valence-corrected chi connectivity index (χ3v) is 3.39. The molecule has 0 spiro atoms. The lowest BCUT2D eigenvalue weighted by Gasteiger charge is -2.16. The van der Waals surface area contributed by atoms with Crippen LogP contribution in [0.1, 0.15) is 12.8 Å². The van der Waals surface area contributed by atoms with Gasteiger partial charge in [0, 0.05) is 13.1 Å². The third-order valence-electron chi connectivity index (χ3n) is 1.68. The maximum Gasteiger partial charge on any atom is 0.279 e. The first-order valence-electron chi connectivity index (χ1n) is 3.93. The molecular weight excluding hydrogens is 210 g/mol. The Balaban J connectivity index is 2.51. The van der Waals surface area contributed by atoms with E-state index in [1.165, 1.54) is 7.05 Å². The molecule has 7 heteroatoms. The van der Waals surface area contributed by atoms with Gasteiger partial charge in [-0.05, 0) is 12.8 Å². The van der Waals surface area contributed by atoms with Crippen molar-refractivity contribution in [1.82, 2.24) is 9.03 Å². The topological polar surface area (TPSA) is 75.4 Å². The van der Waals surface area contributed by atoms with E-state index in [1.807, 2.05) is 0 Å². The van der Waals surface area contributed by atoms with E-state index in [1.54, 1.807) is 0 Å². The van der Waals surface area contributed by atoms with Crippen LogP contribution in [0.3, 0.4) is 0 Å². The van der Waals surface area contributed by atoms with Crippen molar-refractivity contribution in [2.24, 2.45) is 5.73 Å². The third kappa shape index (κ3) is 3.55. The van der Waals surface area contributed by atoms with Gasteiger partial charge >= 0.3 is 0 Å². The SMILES string of the molecule is CN(CC(N)=S)S(=O)(=O)NC1CC1. The number of hydrogen-bond acceptors (Lipinski definition) is 3. The zero-order valence-corrected chi connectivity index (χ0v) is 8.99. The molecule has 0 aromatic carbocycles. The average molecular weight is 223 g/mol. The maximum absolute atomic E-state index is 11.4. The molecule has 13 heavy (non-hydrogen) atoms. The van der Waals surface area contributed by atoms with Crippen molar-refractivity contribution < 1.29 is 8.42 Å². The van der Waals surface area contributed by atoms with Crippen LogP contribution in [0.25, 0.3) is 0 Å². The minimum absolute atomic E-state index is 0.0807. The molecule has 0 aromatic rings. The van der Waals surface area contributed by atoms with Crippen LogP contribution in [-0.2, 0) is 10.2 Å². The molecule has 0 amide bonds. The standard InChI is InChI=1S/C6H13N3O2S2/c1-9(4-6(7)12)13(10,11)8-5-2-3-5/h5,8H,2-4H2,1H3,(H2,7,12). The van der Waals surface area contributed by atoms with Crippen molar-refractivity contribution in [3.8, 4) is 0 Å². The van der Waals surface area contributed by atoms with Gasteiger partial charge in [-0.25, -0.2) is 0 Å². The summed E-state index contributed by atoms with van der Waals surface area (Å²) in [7, 11) is -1.93. The van der Waals surface area contributed by atoms with Crippen LogP contribution < -0.4 is 10.5 Å². The lowest BCUT2D eigenvalue weighted by Crippen LogP contribution is -2.42. The maximum atomic E-state index is 11.4. The fourth-order valence-corrected chi connectivity index (χ4v) is 2.23. The first-order chi connectivity index (χ1) is 5.92. The lowest BCUT2D eigenvalue weighted by molar-refractivity contribution is 0.491. The molecule has 3 N–H and O–H groups in total. The van der Waals surface area contributed by atoms with Crippen molar-refractivity contribution in [3.05, 3.63) is 0 Å². The highest BCUT2D eigenvalue weighted by Gasteiger charge is 2.29. The fraction of sp³-hybridized carbons (Fsp3) is 0.833. The molecule has 0 atom stereocenters. The van der Waals surface area contributed by atoms with Gasteiger partial charge in [-0.15, -0.1) is 0 Å². The normalized spacial score (nSPS) is 17.7. The van der Waals surface area contributed by atoms with Crippen LogP contribution >= 0.6 is 12.2 Å². The molecule has 1 fully saturated rings. The molecular formula is C6H13N3O2S2. The molecule has 1 aliphatic carbocycles. The van der Waals surface area contributed by atoms with E-state index in [0.29, 0.717) is 0 Å². The van der Waals surface area contributed by atoms with Crippen LogP contribution in [0.4, 0.5) is 0 Å². The second kappa shape index (κ2) is 3.87. The Labute approximate surface area is 83.5 Å². The Morgan fingerprint density at radius 3 is 2.62 bits per heavy atom. The fourth-order valence-electron chi connectivity index (χ4n) is 0.806. The Bertz CT molecular complexity index is 297. The molecule has 0 bridgehead atoms. The van der Waals surface area contributed by atoms with Gasteiger partial charge in [0.15, 0.2) is 0 Å². The number of rotatable bonds is 5. The summed E-state index contributed by atoms with van der Waals surface area (Å²) in [4.78, 5) is 0.170. The minimum atomic E-state index is -3.38. The average Bonchev–Trinajstić information content (AvgIpc) is 2.69. The smallest absolute Gasteiger partial charge is 0.279 e. The summed E-state index contributed by atoms with van der Waals surface area (Å²) >= 11 is 4.61. The zero-order valence-electron chi connectivity index (χ0n) is 7.36. The molecule has 0 heterocycles. The summed E-state index contributed by atoms with van der Waals surface area (Å²) in [5.41, 5.74) is 5.23. The molecule has 0 aliphatic heterocycles. The molecule has 1 saturated carbocycles. The van der Waals surface area contributed by atoms with Crippen molar-refractivity contribution >= 4 is 27.4 Å². The monoisotopic (exact) mass is 223 g/mol. The largest absolute Gasteiger partial charge is 0.392 e. The summed E-state index contributed by atoms with van der Waals surface area (Å²) in [6.45, 7) is 0.0807. The predicted octanol–water partition coefficient (Wildman–Crippen LogP) is -0.799. The van der Waals surface area contributed by atoms with E-state index in [0.717, 1.165) is 17.1 Å². The van der Waals surface area contributed by atoms with E-state index in [4.69, 9.17) is 5.73 Å². The van der Waals surface area contributed by atoms with E-state index < -0.39 is 10.2 Å². The van der Waals surface area contributed by atoms with Gasteiger partial charge < -0.3 is 5.73 Å². The van der Waals surface area contributed by atoms with Crippen molar-refractivity contribution in [2.75, 3.05) is 13.6 Å². The molecule has 5 nitrogen and oxygen atoms in total. The van der Waals surface area contributed by atoms with Crippen LogP contribution in [0, 0.1) is 0 Å². The van der Waals surface area contributed by atoms with Gasteiger partial charge in [0.2, 0.25) is 0 Å². The molecule has 1 aliphatic rings. The molecule has 0 radical (unpaired) electrons. The first kappa shape index (κ1) is 10.8. The van der Waals surface area contributed by atoms with Gasteiger partial charge in [-0.2, -0.15) is 17.4 Å². The highest BCUT2D eigenvalue weighted by Crippen LogP contribution is 2.20. The number of likely N-dealkylation sites (N-methyl/N-ethyl adjacent to an activating group) is 1. The Hall–Kier alpha value is -0.240. The van der Waals surface area contributed by atoms with E-state index >= 15 is 0 Å². The number of nitrogens with one attached hydrogen (secondary N) is 1. The van der Waals surface area contributed by atoms with Crippen molar-refractivity contribution in [3.63, 3.8) is 0 Å².